The van der Waals surface area contributed by atoms with Gasteiger partial charge in [0.05, 0.1) is 13.2 Å². The highest BCUT2D eigenvalue weighted by molar-refractivity contribution is 4.52. The Kier molecular flexibility index (Phi) is 20.8. The largest absolute Gasteiger partial charge is 0.388 e. The molecule has 0 aliphatic carbocycles. The van der Waals surface area contributed by atoms with Gasteiger partial charge in [-0.15, -0.1) is 0 Å². The second-order valence-electron chi connectivity index (χ2n) is 6.98. The topological polar surface area (TPSA) is 38.7 Å². The van der Waals surface area contributed by atoms with Gasteiger partial charge >= 0.3 is 0 Å². The van der Waals surface area contributed by atoms with Gasteiger partial charge in [-0.3, -0.25) is 0 Å². The molecule has 3 heteroatoms. The third-order valence-corrected chi connectivity index (χ3v) is 4.47. The van der Waals surface area contributed by atoms with E-state index in [2.05, 4.69) is 6.92 Å². The maximum Gasteiger partial charge on any atom is 0.101 e. The molecule has 3 nitrogen and oxygen atoms in total. The Hall–Kier alpha value is -0.120. The zero-order chi connectivity index (χ0) is 17.7. The first-order valence-corrected chi connectivity index (χ1v) is 10.6. The standard InChI is InChI=1S/C21H44O3/c1-3-5-6-7-8-9-10-11-12-13-14-15-16-17-18-24-20-21(22)19-23-4-2/h21-22H,3-20H2,1-2H3. The van der Waals surface area contributed by atoms with Crippen molar-refractivity contribution in [2.45, 2.75) is 110 Å². The van der Waals surface area contributed by atoms with Gasteiger partial charge in [-0.2, -0.15) is 0 Å². The Balaban J connectivity index is 3.02. The quantitative estimate of drug-likeness (QED) is 0.280. The Bertz CT molecular complexity index is 221. The van der Waals surface area contributed by atoms with Crippen LogP contribution in [0.15, 0.2) is 0 Å². The first kappa shape index (κ1) is 23.9. The van der Waals surface area contributed by atoms with Crippen molar-refractivity contribution >= 4 is 0 Å². The fourth-order valence-corrected chi connectivity index (χ4v) is 2.92. The maximum atomic E-state index is 9.55. The monoisotopic (exact) mass is 344 g/mol. The second-order valence-corrected chi connectivity index (χ2v) is 6.98. The van der Waals surface area contributed by atoms with E-state index in [9.17, 15) is 5.11 Å². The van der Waals surface area contributed by atoms with Gasteiger partial charge in [-0.05, 0) is 13.3 Å². The van der Waals surface area contributed by atoms with E-state index < -0.39 is 6.10 Å². The SMILES string of the molecule is CCCCCCCCCCCCCCCCOCC(O)COCC. The van der Waals surface area contributed by atoms with Crippen LogP contribution in [-0.2, 0) is 9.47 Å². The molecule has 0 saturated heterocycles. The number of aliphatic hydroxyl groups is 1. The molecule has 0 aliphatic rings. The predicted octanol–water partition coefficient (Wildman–Crippen LogP) is 5.88. The van der Waals surface area contributed by atoms with Gasteiger partial charge in [-0.1, -0.05) is 90.4 Å². The van der Waals surface area contributed by atoms with E-state index >= 15 is 0 Å². The summed E-state index contributed by atoms with van der Waals surface area (Å²) in [5.41, 5.74) is 0. The van der Waals surface area contributed by atoms with E-state index in [1.54, 1.807) is 0 Å². The number of unbranched alkanes of at least 4 members (excludes halogenated alkanes) is 13. The lowest BCUT2D eigenvalue weighted by molar-refractivity contribution is -0.0167. The third-order valence-electron chi connectivity index (χ3n) is 4.47. The number of ether oxygens (including phenoxy) is 2. The maximum absolute atomic E-state index is 9.55. The molecule has 1 unspecified atom stereocenters. The molecule has 0 aliphatic heterocycles. The lowest BCUT2D eigenvalue weighted by Crippen LogP contribution is -2.21. The van der Waals surface area contributed by atoms with Crippen molar-refractivity contribution in [3.05, 3.63) is 0 Å². The molecule has 24 heavy (non-hydrogen) atoms. The molecule has 0 saturated carbocycles. The van der Waals surface area contributed by atoms with Crippen LogP contribution in [0.4, 0.5) is 0 Å². The molecule has 0 rings (SSSR count). The molecule has 0 fully saturated rings. The normalized spacial score (nSPS) is 12.6. The first-order chi connectivity index (χ1) is 11.8. The van der Waals surface area contributed by atoms with Crippen LogP contribution in [0.2, 0.25) is 0 Å². The Morgan fingerprint density at radius 3 is 1.46 bits per heavy atom. The van der Waals surface area contributed by atoms with Crippen LogP contribution in [-0.4, -0.2) is 37.6 Å². The van der Waals surface area contributed by atoms with Crippen LogP contribution in [0, 0.1) is 0 Å². The summed E-state index contributed by atoms with van der Waals surface area (Å²) < 4.78 is 10.6. The number of hydrogen-bond donors (Lipinski definition) is 1. The predicted molar refractivity (Wildman–Crippen MR) is 104 cm³/mol. The molecule has 1 N–H and O–H groups in total. The van der Waals surface area contributed by atoms with E-state index in [-0.39, 0.29) is 0 Å². The summed E-state index contributed by atoms with van der Waals surface area (Å²) in [6.07, 6.45) is 18.8. The van der Waals surface area contributed by atoms with Gasteiger partial charge < -0.3 is 14.6 Å². The molecule has 0 aromatic heterocycles. The van der Waals surface area contributed by atoms with Crippen LogP contribution >= 0.6 is 0 Å². The minimum atomic E-state index is -0.475. The van der Waals surface area contributed by atoms with Crippen LogP contribution in [0.1, 0.15) is 104 Å². The average Bonchev–Trinajstić information content (AvgIpc) is 2.59. The second kappa shape index (κ2) is 20.9. The van der Waals surface area contributed by atoms with E-state index in [1.165, 1.54) is 83.5 Å². The zero-order valence-corrected chi connectivity index (χ0v) is 16.6. The van der Waals surface area contributed by atoms with E-state index in [4.69, 9.17) is 9.47 Å². The molecule has 0 heterocycles. The van der Waals surface area contributed by atoms with E-state index in [0.29, 0.717) is 19.8 Å². The number of aliphatic hydroxyl groups excluding tert-OH is 1. The van der Waals surface area contributed by atoms with E-state index in [0.717, 1.165) is 13.0 Å². The van der Waals surface area contributed by atoms with Crippen LogP contribution in [0.5, 0.6) is 0 Å². The van der Waals surface area contributed by atoms with Crippen molar-refractivity contribution < 1.29 is 14.6 Å². The Morgan fingerprint density at radius 1 is 0.583 bits per heavy atom. The summed E-state index contributed by atoms with van der Waals surface area (Å²) in [5, 5.41) is 9.55. The van der Waals surface area contributed by atoms with E-state index in [1.807, 2.05) is 6.92 Å². The average molecular weight is 345 g/mol. The Labute approximate surface area is 151 Å². The third kappa shape index (κ3) is 19.9. The number of rotatable bonds is 20. The molecule has 0 spiro atoms. The summed E-state index contributed by atoms with van der Waals surface area (Å²) in [7, 11) is 0. The van der Waals surface area contributed by atoms with Crippen molar-refractivity contribution in [3.63, 3.8) is 0 Å². The van der Waals surface area contributed by atoms with Crippen molar-refractivity contribution in [1.82, 2.24) is 0 Å². The molecule has 1 atom stereocenters. The highest BCUT2D eigenvalue weighted by Gasteiger charge is 2.03. The molecule has 0 amide bonds. The van der Waals surface area contributed by atoms with Crippen molar-refractivity contribution in [2.24, 2.45) is 0 Å². The Morgan fingerprint density at radius 2 is 1.00 bits per heavy atom. The van der Waals surface area contributed by atoms with Gasteiger partial charge in [0.1, 0.15) is 6.10 Å². The van der Waals surface area contributed by atoms with Crippen LogP contribution < -0.4 is 0 Å². The number of hydrogen-bond acceptors (Lipinski definition) is 3. The summed E-state index contributed by atoms with van der Waals surface area (Å²) in [6, 6.07) is 0. The van der Waals surface area contributed by atoms with Gasteiger partial charge in [-0.25, -0.2) is 0 Å². The molecular formula is C21H44O3. The van der Waals surface area contributed by atoms with Gasteiger partial charge in [0.2, 0.25) is 0 Å². The van der Waals surface area contributed by atoms with Gasteiger partial charge in [0, 0.05) is 13.2 Å². The minimum Gasteiger partial charge on any atom is -0.388 e. The molecule has 0 aromatic rings. The molecular weight excluding hydrogens is 300 g/mol. The fraction of sp³-hybridized carbons (Fsp3) is 1.00. The van der Waals surface area contributed by atoms with Gasteiger partial charge in [0.15, 0.2) is 0 Å². The molecule has 0 aromatic carbocycles. The molecule has 146 valence electrons. The van der Waals surface area contributed by atoms with Crippen molar-refractivity contribution in [2.75, 3.05) is 26.4 Å². The first-order valence-electron chi connectivity index (χ1n) is 10.6. The van der Waals surface area contributed by atoms with Crippen molar-refractivity contribution in [3.8, 4) is 0 Å². The summed E-state index contributed by atoms with van der Waals surface area (Å²) in [5.74, 6) is 0. The summed E-state index contributed by atoms with van der Waals surface area (Å²) in [6.45, 7) is 6.41. The highest BCUT2D eigenvalue weighted by Crippen LogP contribution is 2.12. The summed E-state index contributed by atoms with van der Waals surface area (Å²) in [4.78, 5) is 0. The van der Waals surface area contributed by atoms with Crippen molar-refractivity contribution in [1.29, 1.82) is 0 Å². The smallest absolute Gasteiger partial charge is 0.101 e. The zero-order valence-electron chi connectivity index (χ0n) is 16.6. The minimum absolute atomic E-state index is 0.384. The summed E-state index contributed by atoms with van der Waals surface area (Å²) >= 11 is 0. The molecule has 0 bridgehead atoms. The lowest BCUT2D eigenvalue weighted by Gasteiger charge is -2.10. The lowest BCUT2D eigenvalue weighted by atomic mass is 10.0. The molecule has 0 radical (unpaired) electrons. The van der Waals surface area contributed by atoms with Crippen LogP contribution in [0.3, 0.4) is 0 Å². The fourth-order valence-electron chi connectivity index (χ4n) is 2.92. The van der Waals surface area contributed by atoms with Gasteiger partial charge in [0.25, 0.3) is 0 Å². The highest BCUT2D eigenvalue weighted by atomic mass is 16.5. The van der Waals surface area contributed by atoms with Crippen LogP contribution in [0.25, 0.3) is 0 Å².